The fourth-order valence-corrected chi connectivity index (χ4v) is 4.45. The minimum atomic E-state index is -0.00644. The lowest BCUT2D eigenvalue weighted by Crippen LogP contribution is -2.11. The van der Waals surface area contributed by atoms with Crippen molar-refractivity contribution >= 4 is 38.6 Å². The fourth-order valence-electron chi connectivity index (χ4n) is 4.45. The second kappa shape index (κ2) is 6.71. The van der Waals surface area contributed by atoms with Crippen molar-refractivity contribution in [1.29, 1.82) is 0 Å². The van der Waals surface area contributed by atoms with E-state index in [-0.39, 0.29) is 5.91 Å². The number of nitrogens with zero attached hydrogens (tertiary/aromatic N) is 2. The van der Waals surface area contributed by atoms with Gasteiger partial charge in [-0.1, -0.05) is 54.1 Å². The number of aryl methyl sites for hydroxylation is 1. The summed E-state index contributed by atoms with van der Waals surface area (Å²) in [7, 11) is 0. The molecule has 0 unspecified atom stereocenters. The Bertz CT molecular complexity index is 1590. The summed E-state index contributed by atoms with van der Waals surface area (Å²) in [6.45, 7) is 2.03. The van der Waals surface area contributed by atoms with Gasteiger partial charge in [0.15, 0.2) is 0 Å². The summed E-state index contributed by atoms with van der Waals surface area (Å²) in [6.07, 6.45) is 2.09. The Morgan fingerprint density at radius 3 is 2.23 bits per heavy atom. The maximum Gasteiger partial charge on any atom is 0.262 e. The Kier molecular flexibility index (Phi) is 3.84. The van der Waals surface area contributed by atoms with Crippen LogP contribution < -0.4 is 0 Å². The first-order valence-electron chi connectivity index (χ1n) is 10.4. The largest absolute Gasteiger partial charge is 0.317 e. The monoisotopic (exact) mass is 400 g/mol. The molecule has 0 atom stereocenters. The molecule has 0 amide bonds. The number of hydrogen-bond donors (Lipinski definition) is 0. The summed E-state index contributed by atoms with van der Waals surface area (Å²) in [5.41, 5.74) is 5.95. The molecule has 0 spiro atoms. The number of para-hydroxylation sites is 2. The summed E-state index contributed by atoms with van der Waals surface area (Å²) in [5.74, 6) is -0.00644. The number of rotatable bonds is 2. The van der Waals surface area contributed by atoms with Gasteiger partial charge in [0.05, 0.1) is 16.6 Å². The molecule has 0 saturated heterocycles. The lowest BCUT2D eigenvalue weighted by molar-refractivity contribution is 0.0969. The number of carbonyl (C=O) groups excluding carboxylic acids is 1. The second-order valence-electron chi connectivity index (χ2n) is 7.97. The molecule has 0 aliphatic rings. The highest BCUT2D eigenvalue weighted by Crippen LogP contribution is 2.34. The second-order valence-corrected chi connectivity index (χ2v) is 7.97. The van der Waals surface area contributed by atoms with Crippen molar-refractivity contribution < 1.29 is 4.79 Å². The van der Waals surface area contributed by atoms with E-state index in [1.165, 1.54) is 0 Å². The molecule has 4 aromatic carbocycles. The third-order valence-electron chi connectivity index (χ3n) is 6.02. The molecule has 148 valence electrons. The third kappa shape index (κ3) is 2.71. The van der Waals surface area contributed by atoms with Gasteiger partial charge in [0, 0.05) is 33.6 Å². The SMILES string of the molecule is Cc1ccc(C(=O)n2c3ccccc3c3cc4c(ccn4-c4ccccc4)cc32)cc1. The average Bonchev–Trinajstić information content (AvgIpc) is 3.37. The predicted octanol–water partition coefficient (Wildman–Crippen LogP) is 6.74. The molecule has 0 aliphatic heterocycles. The first kappa shape index (κ1) is 17.7. The summed E-state index contributed by atoms with van der Waals surface area (Å²) in [6, 6.07) is 32.7. The lowest BCUT2D eigenvalue weighted by Gasteiger charge is -2.08. The Morgan fingerprint density at radius 1 is 0.677 bits per heavy atom. The smallest absolute Gasteiger partial charge is 0.262 e. The Morgan fingerprint density at radius 2 is 1.42 bits per heavy atom. The molecule has 0 fully saturated rings. The van der Waals surface area contributed by atoms with Crippen molar-refractivity contribution in [2.75, 3.05) is 0 Å². The summed E-state index contributed by atoms with van der Waals surface area (Å²) in [5, 5.41) is 3.28. The van der Waals surface area contributed by atoms with Gasteiger partial charge in [0.1, 0.15) is 0 Å². The maximum atomic E-state index is 13.6. The molecule has 0 saturated carbocycles. The zero-order valence-corrected chi connectivity index (χ0v) is 17.1. The normalized spacial score (nSPS) is 11.5. The van der Waals surface area contributed by atoms with Crippen LogP contribution in [-0.4, -0.2) is 15.0 Å². The molecule has 3 heteroatoms. The van der Waals surface area contributed by atoms with E-state index >= 15 is 0 Å². The Labute approximate surface area is 179 Å². The number of aromatic nitrogens is 2. The van der Waals surface area contributed by atoms with Crippen LogP contribution in [0, 0.1) is 6.92 Å². The van der Waals surface area contributed by atoms with Gasteiger partial charge in [-0.25, -0.2) is 0 Å². The van der Waals surface area contributed by atoms with Gasteiger partial charge in [-0.2, -0.15) is 0 Å². The summed E-state index contributed by atoms with van der Waals surface area (Å²) >= 11 is 0. The van der Waals surface area contributed by atoms with Gasteiger partial charge in [-0.15, -0.1) is 0 Å². The molecular weight excluding hydrogens is 380 g/mol. The molecule has 0 aliphatic carbocycles. The van der Waals surface area contributed by atoms with Crippen molar-refractivity contribution in [2.24, 2.45) is 0 Å². The molecule has 2 aromatic heterocycles. The van der Waals surface area contributed by atoms with E-state index in [1.807, 2.05) is 72.2 Å². The standard InChI is InChI=1S/C28H20N2O/c1-19-11-13-20(14-12-19)28(31)30-25-10-6-5-9-23(25)24-18-26-21(17-27(24)30)15-16-29(26)22-7-3-2-4-8-22/h2-18H,1H3. The van der Waals surface area contributed by atoms with Crippen LogP contribution in [0.25, 0.3) is 38.4 Å². The van der Waals surface area contributed by atoms with Crippen LogP contribution in [0.4, 0.5) is 0 Å². The molecule has 3 nitrogen and oxygen atoms in total. The van der Waals surface area contributed by atoms with Crippen LogP contribution in [-0.2, 0) is 0 Å². The molecule has 0 radical (unpaired) electrons. The predicted molar refractivity (Wildman–Crippen MR) is 127 cm³/mol. The maximum absolute atomic E-state index is 13.6. The number of hydrogen-bond acceptors (Lipinski definition) is 1. The van der Waals surface area contributed by atoms with Crippen LogP contribution >= 0.6 is 0 Å². The molecule has 0 N–H and O–H groups in total. The fraction of sp³-hybridized carbons (Fsp3) is 0.0357. The van der Waals surface area contributed by atoms with Crippen LogP contribution in [0.2, 0.25) is 0 Å². The summed E-state index contributed by atoms with van der Waals surface area (Å²) < 4.78 is 4.05. The topological polar surface area (TPSA) is 26.9 Å². The first-order chi connectivity index (χ1) is 15.2. The van der Waals surface area contributed by atoms with Crippen molar-refractivity contribution in [2.45, 2.75) is 6.92 Å². The van der Waals surface area contributed by atoms with Crippen LogP contribution in [0.3, 0.4) is 0 Å². The molecular formula is C28H20N2O. The Hall–Kier alpha value is -4.11. The van der Waals surface area contributed by atoms with E-state index in [9.17, 15) is 4.79 Å². The molecule has 6 aromatic rings. The molecule has 6 rings (SSSR count). The minimum Gasteiger partial charge on any atom is -0.317 e. The van der Waals surface area contributed by atoms with Gasteiger partial charge in [-0.3, -0.25) is 9.36 Å². The van der Waals surface area contributed by atoms with E-state index in [0.29, 0.717) is 5.56 Å². The average molecular weight is 400 g/mol. The van der Waals surface area contributed by atoms with E-state index in [0.717, 1.165) is 44.0 Å². The first-order valence-corrected chi connectivity index (χ1v) is 10.4. The van der Waals surface area contributed by atoms with E-state index in [1.54, 1.807) is 0 Å². The highest BCUT2D eigenvalue weighted by Gasteiger charge is 2.19. The summed E-state index contributed by atoms with van der Waals surface area (Å²) in [4.78, 5) is 13.6. The number of fused-ring (bicyclic) bond motifs is 4. The van der Waals surface area contributed by atoms with Gasteiger partial charge in [0.25, 0.3) is 5.91 Å². The van der Waals surface area contributed by atoms with Crippen molar-refractivity contribution in [3.63, 3.8) is 0 Å². The molecule has 31 heavy (non-hydrogen) atoms. The van der Waals surface area contributed by atoms with Crippen molar-refractivity contribution in [3.8, 4) is 5.69 Å². The third-order valence-corrected chi connectivity index (χ3v) is 6.02. The minimum absolute atomic E-state index is 0.00644. The van der Waals surface area contributed by atoms with Gasteiger partial charge < -0.3 is 4.57 Å². The number of benzene rings is 4. The van der Waals surface area contributed by atoms with E-state index in [2.05, 4.69) is 47.2 Å². The van der Waals surface area contributed by atoms with E-state index in [4.69, 9.17) is 0 Å². The zero-order chi connectivity index (χ0) is 20.9. The lowest BCUT2D eigenvalue weighted by atomic mass is 10.1. The Balaban J connectivity index is 1.66. The van der Waals surface area contributed by atoms with E-state index < -0.39 is 0 Å². The van der Waals surface area contributed by atoms with Gasteiger partial charge >= 0.3 is 0 Å². The van der Waals surface area contributed by atoms with Crippen LogP contribution in [0.15, 0.2) is 103 Å². The van der Waals surface area contributed by atoms with Crippen molar-refractivity contribution in [3.05, 3.63) is 114 Å². The number of carbonyl (C=O) groups is 1. The van der Waals surface area contributed by atoms with Crippen LogP contribution in [0.5, 0.6) is 0 Å². The van der Waals surface area contributed by atoms with Crippen molar-refractivity contribution in [1.82, 2.24) is 9.13 Å². The zero-order valence-electron chi connectivity index (χ0n) is 17.1. The molecule has 2 heterocycles. The highest BCUT2D eigenvalue weighted by atomic mass is 16.2. The van der Waals surface area contributed by atoms with Gasteiger partial charge in [0.2, 0.25) is 0 Å². The van der Waals surface area contributed by atoms with Gasteiger partial charge in [-0.05, 0) is 55.5 Å². The highest BCUT2D eigenvalue weighted by molar-refractivity contribution is 6.18. The van der Waals surface area contributed by atoms with Crippen LogP contribution in [0.1, 0.15) is 15.9 Å². The quantitative estimate of drug-likeness (QED) is 0.316. The molecule has 0 bridgehead atoms.